The Labute approximate surface area is 281 Å². The van der Waals surface area contributed by atoms with E-state index >= 15 is 0 Å². The van der Waals surface area contributed by atoms with E-state index in [1.165, 1.54) is 11.1 Å². The third-order valence-electron chi connectivity index (χ3n) is 11.1. The summed E-state index contributed by atoms with van der Waals surface area (Å²) in [5, 5.41) is 0. The molecule has 6 atom stereocenters. The van der Waals surface area contributed by atoms with Crippen molar-refractivity contribution in [3.8, 4) is 0 Å². The fourth-order valence-electron chi connectivity index (χ4n) is 7.28. The van der Waals surface area contributed by atoms with Gasteiger partial charge in [0.15, 0.2) is 0 Å². The smallest absolute Gasteiger partial charge is 0.307 e. The summed E-state index contributed by atoms with van der Waals surface area (Å²) >= 11 is 0. The van der Waals surface area contributed by atoms with Crippen LogP contribution >= 0.6 is 0 Å². The van der Waals surface area contributed by atoms with Gasteiger partial charge in [-0.05, 0) is 112 Å². The number of allylic oxidation sites excluding steroid dienone is 4. The van der Waals surface area contributed by atoms with E-state index in [0.717, 1.165) is 62.8 Å². The molecule has 0 aromatic heterocycles. The van der Waals surface area contributed by atoms with Gasteiger partial charge in [-0.3, -0.25) is 9.59 Å². The molecule has 0 spiro atoms. The van der Waals surface area contributed by atoms with Crippen molar-refractivity contribution < 1.29 is 19.1 Å². The van der Waals surface area contributed by atoms with Crippen molar-refractivity contribution in [3.63, 3.8) is 0 Å². The molecule has 2 rings (SSSR count). The summed E-state index contributed by atoms with van der Waals surface area (Å²) in [7, 11) is 4.00. The number of rotatable bonds is 19. The average molecular weight is 637 g/mol. The molecule has 0 aromatic carbocycles. The summed E-state index contributed by atoms with van der Waals surface area (Å²) in [6.45, 7) is 37.1. The summed E-state index contributed by atoms with van der Waals surface area (Å²) in [6.07, 6.45) is 10.9. The zero-order chi connectivity index (χ0) is 34.7. The fourth-order valence-corrected chi connectivity index (χ4v) is 7.28. The number of nitrogens with zero attached hydrogens (tertiary/aromatic N) is 2. The van der Waals surface area contributed by atoms with Crippen LogP contribution in [0.25, 0.3) is 0 Å². The minimum Gasteiger partial charge on any atom is -0.461 e. The Bertz CT molecular complexity index is 1050. The maximum atomic E-state index is 12.5. The van der Waals surface area contributed by atoms with Crippen LogP contribution in [0.1, 0.15) is 79.1 Å². The molecule has 46 heavy (non-hydrogen) atoms. The van der Waals surface area contributed by atoms with Gasteiger partial charge < -0.3 is 19.3 Å². The number of hydrogen-bond donors (Lipinski definition) is 0. The van der Waals surface area contributed by atoms with Gasteiger partial charge in [-0.15, -0.1) is 13.2 Å². The lowest BCUT2D eigenvalue weighted by Crippen LogP contribution is -2.35. The average Bonchev–Trinajstić information content (AvgIpc) is 3.03. The lowest BCUT2D eigenvalue weighted by Gasteiger charge is -2.43. The highest BCUT2D eigenvalue weighted by molar-refractivity contribution is 5.70. The Hall–Kier alpha value is -2.70. The molecule has 2 aliphatic carbocycles. The zero-order valence-corrected chi connectivity index (χ0v) is 30.1. The minimum atomic E-state index is -0.202. The zero-order valence-electron chi connectivity index (χ0n) is 30.1. The summed E-state index contributed by atoms with van der Waals surface area (Å²) in [5.74, 6) is 0.990. The number of likely N-dealkylation sites (N-methyl/N-ethyl adjacent to an activating group) is 2. The first kappa shape index (κ1) is 39.5. The molecule has 0 heterocycles. The second-order valence-corrected chi connectivity index (χ2v) is 14.9. The monoisotopic (exact) mass is 636 g/mol. The van der Waals surface area contributed by atoms with E-state index in [-0.39, 0.29) is 36.0 Å². The minimum absolute atomic E-state index is 0.0654. The molecule has 0 aliphatic heterocycles. The highest BCUT2D eigenvalue weighted by atomic mass is 16.5. The lowest BCUT2D eigenvalue weighted by atomic mass is 9.61. The molecular weight excluding hydrogens is 572 g/mol. The first-order chi connectivity index (χ1) is 21.5. The maximum absolute atomic E-state index is 12.5. The predicted molar refractivity (Wildman–Crippen MR) is 192 cm³/mol. The van der Waals surface area contributed by atoms with Crippen molar-refractivity contribution in [1.29, 1.82) is 0 Å². The van der Waals surface area contributed by atoms with E-state index in [2.05, 4.69) is 89.1 Å². The van der Waals surface area contributed by atoms with Crippen LogP contribution in [0.15, 0.2) is 73.9 Å². The summed E-state index contributed by atoms with van der Waals surface area (Å²) in [4.78, 5) is 29.2. The Morgan fingerprint density at radius 3 is 1.35 bits per heavy atom. The summed E-state index contributed by atoms with van der Waals surface area (Å²) in [5.41, 5.74) is 4.47. The quantitative estimate of drug-likeness (QED) is 0.105. The first-order valence-corrected chi connectivity index (χ1v) is 17.2. The van der Waals surface area contributed by atoms with Crippen LogP contribution in [0, 0.1) is 34.5 Å². The second kappa shape index (κ2) is 18.0. The molecule has 0 bridgehead atoms. The summed E-state index contributed by atoms with van der Waals surface area (Å²) < 4.78 is 11.2. The van der Waals surface area contributed by atoms with Gasteiger partial charge in [0.05, 0.1) is 12.8 Å². The van der Waals surface area contributed by atoms with Gasteiger partial charge in [0.25, 0.3) is 0 Å². The van der Waals surface area contributed by atoms with E-state index in [9.17, 15) is 9.59 Å². The van der Waals surface area contributed by atoms with Gasteiger partial charge in [-0.2, -0.15) is 0 Å². The molecule has 258 valence electrons. The largest absolute Gasteiger partial charge is 0.461 e. The Morgan fingerprint density at radius 1 is 0.696 bits per heavy atom. The van der Waals surface area contributed by atoms with Gasteiger partial charge in [0.2, 0.25) is 0 Å². The molecule has 0 radical (unpaired) electrons. The van der Waals surface area contributed by atoms with Gasteiger partial charge in [0, 0.05) is 26.2 Å². The Kier molecular flexibility index (Phi) is 15.5. The van der Waals surface area contributed by atoms with Gasteiger partial charge in [0.1, 0.15) is 13.2 Å². The SMILES string of the molecule is C=C[C@]1(C)CC[C@@H](C(=C)COC(=O)CCN(C)CCN(C)CCC(=O)OCC(=C)[C@@H]2CC[C@@](C)(C=C)[C@H](C(=C)C)C2)C[C@H]1C(=C)C. The summed E-state index contributed by atoms with van der Waals surface area (Å²) in [6, 6.07) is 0. The van der Waals surface area contributed by atoms with Gasteiger partial charge in [-0.1, -0.05) is 63.5 Å². The third kappa shape index (κ3) is 11.5. The number of carbonyl (C=O) groups excluding carboxylic acids is 2. The second-order valence-electron chi connectivity index (χ2n) is 14.9. The van der Waals surface area contributed by atoms with E-state index in [4.69, 9.17) is 9.47 Å². The highest BCUT2D eigenvalue weighted by Gasteiger charge is 2.40. The topological polar surface area (TPSA) is 59.1 Å². The number of ether oxygens (including phenoxy) is 2. The molecule has 2 fully saturated rings. The number of carbonyl (C=O) groups is 2. The molecule has 0 amide bonds. The van der Waals surface area contributed by atoms with Crippen LogP contribution in [0.2, 0.25) is 0 Å². The Morgan fingerprint density at radius 2 is 1.04 bits per heavy atom. The predicted octanol–water partition coefficient (Wildman–Crippen LogP) is 8.20. The molecule has 0 unspecified atom stereocenters. The molecular formula is C40H64N2O4. The van der Waals surface area contributed by atoms with Crippen molar-refractivity contribution in [2.75, 3.05) is 53.5 Å². The lowest BCUT2D eigenvalue weighted by molar-refractivity contribution is -0.144. The van der Waals surface area contributed by atoms with Gasteiger partial charge in [-0.25, -0.2) is 0 Å². The number of esters is 2. The van der Waals surface area contributed by atoms with E-state index in [1.807, 2.05) is 14.1 Å². The molecule has 2 aliphatic rings. The molecule has 0 N–H and O–H groups in total. The molecule has 0 aromatic rings. The van der Waals surface area contributed by atoms with Crippen molar-refractivity contribution in [3.05, 3.63) is 73.9 Å². The van der Waals surface area contributed by atoms with Crippen LogP contribution in [0.5, 0.6) is 0 Å². The van der Waals surface area contributed by atoms with Crippen LogP contribution in [-0.4, -0.2) is 75.2 Å². The first-order valence-electron chi connectivity index (χ1n) is 17.2. The Balaban J connectivity index is 1.61. The molecule has 0 saturated heterocycles. The van der Waals surface area contributed by atoms with Crippen LogP contribution < -0.4 is 0 Å². The van der Waals surface area contributed by atoms with Crippen LogP contribution in [-0.2, 0) is 19.1 Å². The van der Waals surface area contributed by atoms with Crippen molar-refractivity contribution in [2.24, 2.45) is 34.5 Å². The van der Waals surface area contributed by atoms with E-state index in [0.29, 0.717) is 49.6 Å². The molecule has 6 heteroatoms. The number of hydrogen-bond acceptors (Lipinski definition) is 6. The fraction of sp³-hybridized carbons (Fsp3) is 0.650. The standard InChI is InChI=1S/C40H64N2O4/c1-13-39(9)19-15-33(25-35(39)29(3)4)31(7)27-45-37(43)17-21-41(11)23-24-42(12)22-18-38(44)46-28-32(8)34-16-20-40(10,14-2)36(26-34)30(5)6/h13-14,33-36H,1-3,5,7-8,15-28H2,4,6,9-12H3/t33-,34-,35+,36+,39-,40-/m1/s1. The highest BCUT2D eigenvalue weighted by Crippen LogP contribution is 2.49. The van der Waals surface area contributed by atoms with Crippen molar-refractivity contribution in [2.45, 2.75) is 79.1 Å². The molecule has 6 nitrogen and oxygen atoms in total. The molecule has 2 saturated carbocycles. The third-order valence-corrected chi connectivity index (χ3v) is 11.1. The maximum Gasteiger partial charge on any atom is 0.307 e. The normalized spacial score (nSPS) is 27.9. The van der Waals surface area contributed by atoms with E-state index in [1.54, 1.807) is 0 Å². The van der Waals surface area contributed by atoms with Crippen molar-refractivity contribution >= 4 is 11.9 Å². The van der Waals surface area contributed by atoms with Crippen molar-refractivity contribution in [1.82, 2.24) is 9.80 Å². The van der Waals surface area contributed by atoms with Crippen LogP contribution in [0.4, 0.5) is 0 Å². The van der Waals surface area contributed by atoms with Crippen LogP contribution in [0.3, 0.4) is 0 Å². The van der Waals surface area contributed by atoms with E-state index < -0.39 is 0 Å². The van der Waals surface area contributed by atoms with Gasteiger partial charge >= 0.3 is 11.9 Å².